The minimum Gasteiger partial charge on any atom is -0.497 e. The van der Waals surface area contributed by atoms with Gasteiger partial charge in [-0.25, -0.2) is 0 Å². The highest BCUT2D eigenvalue weighted by atomic mass is 16.5. The molecule has 1 aliphatic rings. The first-order valence-electron chi connectivity index (χ1n) is 9.47. The third-order valence-electron chi connectivity index (χ3n) is 5.03. The van der Waals surface area contributed by atoms with Crippen LogP contribution in [-0.4, -0.2) is 31.1 Å². The third-order valence-corrected chi connectivity index (χ3v) is 5.03. The summed E-state index contributed by atoms with van der Waals surface area (Å²) >= 11 is 0. The second-order valence-electron chi connectivity index (χ2n) is 6.78. The maximum absolute atomic E-state index is 12.5. The van der Waals surface area contributed by atoms with E-state index in [9.17, 15) is 4.79 Å². The van der Waals surface area contributed by atoms with Crippen molar-refractivity contribution in [1.29, 1.82) is 0 Å². The number of methoxy groups -OCH3 is 1. The Kier molecular flexibility index (Phi) is 5.24. The zero-order valence-electron chi connectivity index (χ0n) is 15.9. The van der Waals surface area contributed by atoms with Gasteiger partial charge < -0.3 is 15.0 Å². The molecular weight excluding hydrogens is 350 g/mol. The van der Waals surface area contributed by atoms with Crippen molar-refractivity contribution in [3.8, 4) is 5.75 Å². The number of benzene rings is 2. The Bertz CT molecular complexity index is 970. The van der Waals surface area contributed by atoms with Crippen molar-refractivity contribution >= 4 is 17.3 Å². The number of ether oxygens (including phenoxy) is 1. The van der Waals surface area contributed by atoms with Crippen LogP contribution in [-0.2, 0) is 12.8 Å². The lowest BCUT2D eigenvalue weighted by molar-refractivity contribution is 0.0949. The van der Waals surface area contributed by atoms with Crippen LogP contribution in [0.3, 0.4) is 0 Å². The Balaban J connectivity index is 1.39. The highest BCUT2D eigenvalue weighted by Crippen LogP contribution is 2.34. The topological polar surface area (TPSA) is 54.5 Å². The molecule has 3 aromatic rings. The third kappa shape index (κ3) is 3.83. The standard InChI is InChI=1S/C23H23N3O2/c1-28-20-8-6-17(7-9-20)10-13-25-23(27)21-16-19(11-14-24-21)26-15-12-18-4-2-3-5-22(18)26/h2-9,11,14,16H,10,12-13,15H2,1H3,(H,25,27). The van der Waals surface area contributed by atoms with Crippen LogP contribution < -0.4 is 15.0 Å². The normalized spacial score (nSPS) is 12.5. The summed E-state index contributed by atoms with van der Waals surface area (Å²) in [7, 11) is 1.65. The number of aromatic nitrogens is 1. The van der Waals surface area contributed by atoms with Gasteiger partial charge in [0.15, 0.2) is 0 Å². The lowest BCUT2D eigenvalue weighted by atomic mass is 10.1. The Morgan fingerprint density at radius 1 is 1.14 bits per heavy atom. The Morgan fingerprint density at radius 3 is 2.79 bits per heavy atom. The number of amides is 1. The van der Waals surface area contributed by atoms with Crippen LogP contribution in [0.2, 0.25) is 0 Å². The van der Waals surface area contributed by atoms with Gasteiger partial charge in [0.2, 0.25) is 0 Å². The zero-order valence-corrected chi connectivity index (χ0v) is 15.9. The summed E-state index contributed by atoms with van der Waals surface area (Å²) in [5.74, 6) is 0.681. The van der Waals surface area contributed by atoms with Crippen molar-refractivity contribution in [2.75, 3.05) is 25.1 Å². The summed E-state index contributed by atoms with van der Waals surface area (Å²) in [5, 5.41) is 2.96. The second kappa shape index (κ2) is 8.13. The average Bonchev–Trinajstić information content (AvgIpc) is 3.18. The van der Waals surface area contributed by atoms with E-state index in [0.717, 1.165) is 36.4 Å². The number of carbonyl (C=O) groups excluding carboxylic acids is 1. The van der Waals surface area contributed by atoms with Gasteiger partial charge in [-0.1, -0.05) is 30.3 Å². The Morgan fingerprint density at radius 2 is 1.96 bits per heavy atom. The van der Waals surface area contributed by atoms with Crippen LogP contribution in [0.1, 0.15) is 21.6 Å². The van der Waals surface area contributed by atoms with E-state index in [2.05, 4.69) is 33.4 Å². The summed E-state index contributed by atoms with van der Waals surface area (Å²) in [4.78, 5) is 19.0. The molecule has 5 nitrogen and oxygen atoms in total. The van der Waals surface area contributed by atoms with E-state index < -0.39 is 0 Å². The summed E-state index contributed by atoms with van der Waals surface area (Å²) in [6.07, 6.45) is 3.48. The number of para-hydroxylation sites is 1. The molecule has 1 aromatic heterocycles. The van der Waals surface area contributed by atoms with Crippen LogP contribution in [0, 0.1) is 0 Å². The number of carbonyl (C=O) groups is 1. The SMILES string of the molecule is COc1ccc(CCNC(=O)c2cc(N3CCc4ccccc43)ccn2)cc1. The van der Waals surface area contributed by atoms with Crippen molar-refractivity contribution in [3.63, 3.8) is 0 Å². The van der Waals surface area contributed by atoms with Gasteiger partial charge in [-0.15, -0.1) is 0 Å². The van der Waals surface area contributed by atoms with Crippen LogP contribution >= 0.6 is 0 Å². The first kappa shape index (κ1) is 18.0. The number of pyridine rings is 1. The summed E-state index contributed by atoms with van der Waals surface area (Å²) in [6.45, 7) is 1.48. The van der Waals surface area contributed by atoms with Gasteiger partial charge in [-0.3, -0.25) is 9.78 Å². The summed E-state index contributed by atoms with van der Waals surface area (Å²) in [6, 6.07) is 20.1. The second-order valence-corrected chi connectivity index (χ2v) is 6.78. The molecule has 2 aromatic carbocycles. The predicted molar refractivity (Wildman–Crippen MR) is 110 cm³/mol. The number of rotatable bonds is 6. The fourth-order valence-electron chi connectivity index (χ4n) is 3.52. The molecule has 4 rings (SSSR count). The lowest BCUT2D eigenvalue weighted by Crippen LogP contribution is -2.27. The minimum absolute atomic E-state index is 0.150. The van der Waals surface area contributed by atoms with Gasteiger partial charge in [0.1, 0.15) is 11.4 Å². The Labute approximate surface area is 165 Å². The molecule has 0 saturated carbocycles. The fourth-order valence-corrected chi connectivity index (χ4v) is 3.52. The highest BCUT2D eigenvalue weighted by Gasteiger charge is 2.20. The average molecular weight is 373 g/mol. The molecule has 5 heteroatoms. The van der Waals surface area contributed by atoms with Crippen molar-refractivity contribution in [2.45, 2.75) is 12.8 Å². The van der Waals surface area contributed by atoms with Crippen LogP contribution in [0.5, 0.6) is 5.75 Å². The number of hydrogen-bond acceptors (Lipinski definition) is 4. The molecule has 0 atom stereocenters. The molecule has 0 fully saturated rings. The number of hydrogen-bond donors (Lipinski definition) is 1. The first-order chi connectivity index (χ1) is 13.7. The molecule has 1 amide bonds. The molecule has 1 aliphatic heterocycles. The van der Waals surface area contributed by atoms with E-state index in [1.54, 1.807) is 13.3 Å². The molecule has 0 aliphatic carbocycles. The molecule has 2 heterocycles. The van der Waals surface area contributed by atoms with Crippen molar-refractivity contribution in [3.05, 3.63) is 83.7 Å². The number of fused-ring (bicyclic) bond motifs is 1. The van der Waals surface area contributed by atoms with Gasteiger partial charge >= 0.3 is 0 Å². The molecule has 0 radical (unpaired) electrons. The van der Waals surface area contributed by atoms with Crippen LogP contribution in [0.4, 0.5) is 11.4 Å². The van der Waals surface area contributed by atoms with E-state index in [0.29, 0.717) is 12.2 Å². The summed E-state index contributed by atoms with van der Waals surface area (Å²) < 4.78 is 5.16. The highest BCUT2D eigenvalue weighted by molar-refractivity contribution is 5.93. The molecule has 28 heavy (non-hydrogen) atoms. The van der Waals surface area contributed by atoms with Crippen molar-refractivity contribution < 1.29 is 9.53 Å². The minimum atomic E-state index is -0.150. The summed E-state index contributed by atoms with van der Waals surface area (Å²) in [5.41, 5.74) is 5.14. The van der Waals surface area contributed by atoms with E-state index in [4.69, 9.17) is 4.74 Å². The Hall–Kier alpha value is -3.34. The van der Waals surface area contributed by atoms with E-state index in [-0.39, 0.29) is 5.91 Å². The molecule has 0 bridgehead atoms. The lowest BCUT2D eigenvalue weighted by Gasteiger charge is -2.19. The zero-order chi connectivity index (χ0) is 19.3. The predicted octanol–water partition coefficient (Wildman–Crippen LogP) is 3.76. The van der Waals surface area contributed by atoms with Gasteiger partial charge in [-0.05, 0) is 54.3 Å². The fraction of sp³-hybridized carbons (Fsp3) is 0.217. The van der Waals surface area contributed by atoms with E-state index in [1.807, 2.05) is 42.5 Å². The molecular formula is C23H23N3O2. The molecule has 0 unspecified atom stereocenters. The van der Waals surface area contributed by atoms with Gasteiger partial charge in [-0.2, -0.15) is 0 Å². The van der Waals surface area contributed by atoms with Crippen molar-refractivity contribution in [2.24, 2.45) is 0 Å². The van der Waals surface area contributed by atoms with Gasteiger partial charge in [0, 0.05) is 30.7 Å². The van der Waals surface area contributed by atoms with Crippen LogP contribution in [0.15, 0.2) is 66.9 Å². The molecule has 1 N–H and O–H groups in total. The van der Waals surface area contributed by atoms with Gasteiger partial charge in [0.05, 0.1) is 7.11 Å². The number of nitrogens with one attached hydrogen (secondary N) is 1. The molecule has 142 valence electrons. The smallest absolute Gasteiger partial charge is 0.269 e. The first-order valence-corrected chi connectivity index (χ1v) is 9.47. The molecule has 0 saturated heterocycles. The monoisotopic (exact) mass is 373 g/mol. The quantitative estimate of drug-likeness (QED) is 0.715. The maximum Gasteiger partial charge on any atom is 0.269 e. The maximum atomic E-state index is 12.5. The number of anilines is 2. The van der Waals surface area contributed by atoms with Crippen molar-refractivity contribution in [1.82, 2.24) is 10.3 Å². The number of nitrogens with zero attached hydrogens (tertiary/aromatic N) is 2. The molecule has 0 spiro atoms. The van der Waals surface area contributed by atoms with E-state index in [1.165, 1.54) is 11.3 Å². The van der Waals surface area contributed by atoms with Crippen LogP contribution in [0.25, 0.3) is 0 Å². The van der Waals surface area contributed by atoms with Gasteiger partial charge in [0.25, 0.3) is 5.91 Å². The largest absolute Gasteiger partial charge is 0.497 e. The van der Waals surface area contributed by atoms with E-state index >= 15 is 0 Å².